The molecule has 0 saturated heterocycles. The molecule has 0 unspecified atom stereocenters. The normalized spacial score (nSPS) is 10.8. The van der Waals surface area contributed by atoms with Gasteiger partial charge in [0.2, 0.25) is 5.13 Å². The van der Waals surface area contributed by atoms with Crippen molar-refractivity contribution < 1.29 is 9.90 Å². The zero-order valence-electron chi connectivity index (χ0n) is 9.67. The third-order valence-corrected chi connectivity index (χ3v) is 2.83. The van der Waals surface area contributed by atoms with E-state index in [9.17, 15) is 4.79 Å². The number of carboxylic acids is 1. The average molecular weight is 244 g/mol. The van der Waals surface area contributed by atoms with E-state index in [1.807, 2.05) is 25.9 Å². The van der Waals surface area contributed by atoms with Gasteiger partial charge in [-0.1, -0.05) is 11.3 Å². The van der Waals surface area contributed by atoms with Gasteiger partial charge in [-0.05, 0) is 21.0 Å². The molecule has 6 nitrogen and oxygen atoms in total. The van der Waals surface area contributed by atoms with Crippen LogP contribution in [0.2, 0.25) is 0 Å². The number of aromatic nitrogens is 2. The number of carboxylic acid groups (broad SMARTS) is 1. The van der Waals surface area contributed by atoms with Crippen molar-refractivity contribution in [3.8, 4) is 0 Å². The standard InChI is InChI=1S/C9H16N4O2S/c1-7-10-11-9(16-7)13(6-8(14)15)5-4-12(2)3/h4-6H2,1-3H3,(H,14,15). The Morgan fingerprint density at radius 1 is 1.38 bits per heavy atom. The minimum absolute atomic E-state index is 0.0392. The van der Waals surface area contributed by atoms with Gasteiger partial charge in [0.1, 0.15) is 11.6 Å². The van der Waals surface area contributed by atoms with Gasteiger partial charge in [0.05, 0.1) is 0 Å². The predicted molar refractivity (Wildman–Crippen MR) is 63.0 cm³/mol. The van der Waals surface area contributed by atoms with Crippen LogP contribution in [0.1, 0.15) is 5.01 Å². The minimum atomic E-state index is -0.855. The molecule has 1 N–H and O–H groups in total. The molecule has 1 rings (SSSR count). The maximum absolute atomic E-state index is 10.7. The first-order valence-corrected chi connectivity index (χ1v) is 5.72. The van der Waals surface area contributed by atoms with Crippen molar-refractivity contribution >= 4 is 22.4 Å². The van der Waals surface area contributed by atoms with Crippen molar-refractivity contribution in [1.82, 2.24) is 15.1 Å². The number of nitrogens with zero attached hydrogens (tertiary/aromatic N) is 4. The summed E-state index contributed by atoms with van der Waals surface area (Å²) in [6.45, 7) is 3.23. The Bertz CT molecular complexity index is 353. The molecule has 90 valence electrons. The second-order valence-corrected chi connectivity index (χ2v) is 4.88. The van der Waals surface area contributed by atoms with Crippen LogP contribution in [0.15, 0.2) is 0 Å². The smallest absolute Gasteiger partial charge is 0.323 e. The third kappa shape index (κ3) is 4.11. The maximum Gasteiger partial charge on any atom is 0.323 e. The Kier molecular flexibility index (Phi) is 4.63. The second kappa shape index (κ2) is 5.76. The molecule has 7 heteroatoms. The first kappa shape index (κ1) is 12.9. The number of anilines is 1. The summed E-state index contributed by atoms with van der Waals surface area (Å²) < 4.78 is 0. The maximum atomic E-state index is 10.7. The molecule has 0 fully saturated rings. The van der Waals surface area contributed by atoms with Gasteiger partial charge in [0.15, 0.2) is 0 Å². The molecule has 0 saturated carbocycles. The van der Waals surface area contributed by atoms with E-state index in [1.54, 1.807) is 4.90 Å². The van der Waals surface area contributed by atoms with E-state index in [4.69, 9.17) is 5.11 Å². The molecule has 1 heterocycles. The Morgan fingerprint density at radius 3 is 2.50 bits per heavy atom. The third-order valence-electron chi connectivity index (χ3n) is 1.93. The van der Waals surface area contributed by atoms with E-state index in [1.165, 1.54) is 11.3 Å². The van der Waals surface area contributed by atoms with Crippen LogP contribution < -0.4 is 4.90 Å². The van der Waals surface area contributed by atoms with Gasteiger partial charge in [-0.15, -0.1) is 10.2 Å². The van der Waals surface area contributed by atoms with Gasteiger partial charge < -0.3 is 14.9 Å². The SMILES string of the molecule is Cc1nnc(N(CCN(C)C)CC(=O)O)s1. The highest BCUT2D eigenvalue weighted by Crippen LogP contribution is 2.18. The molecule has 0 aliphatic rings. The molecule has 0 radical (unpaired) electrons. The fourth-order valence-electron chi connectivity index (χ4n) is 1.14. The highest BCUT2D eigenvalue weighted by atomic mass is 32.1. The second-order valence-electron chi connectivity index (χ2n) is 3.72. The number of aliphatic carboxylic acids is 1. The summed E-state index contributed by atoms with van der Waals surface area (Å²) in [5.74, 6) is -0.855. The molecular weight excluding hydrogens is 228 g/mol. The van der Waals surface area contributed by atoms with Gasteiger partial charge in [0.25, 0.3) is 0 Å². The highest BCUT2D eigenvalue weighted by Gasteiger charge is 2.14. The number of aryl methyl sites for hydroxylation is 1. The highest BCUT2D eigenvalue weighted by molar-refractivity contribution is 7.15. The number of carbonyl (C=O) groups is 1. The van der Waals surface area contributed by atoms with E-state index in [2.05, 4.69) is 10.2 Å². The van der Waals surface area contributed by atoms with E-state index < -0.39 is 5.97 Å². The molecule has 0 aliphatic heterocycles. The molecule has 0 amide bonds. The van der Waals surface area contributed by atoms with Crippen LogP contribution in [-0.2, 0) is 4.79 Å². The van der Waals surface area contributed by atoms with Gasteiger partial charge in [-0.3, -0.25) is 4.79 Å². The van der Waals surface area contributed by atoms with Crippen LogP contribution in [0.25, 0.3) is 0 Å². The Labute approximate surface area is 98.5 Å². The molecule has 0 bridgehead atoms. The lowest BCUT2D eigenvalue weighted by atomic mass is 10.5. The summed E-state index contributed by atoms with van der Waals surface area (Å²) in [5, 5.41) is 18.2. The molecule has 16 heavy (non-hydrogen) atoms. The molecule has 1 aromatic rings. The average Bonchev–Trinajstić information content (AvgIpc) is 2.58. The lowest BCUT2D eigenvalue weighted by molar-refractivity contribution is -0.135. The molecule has 1 aromatic heterocycles. The van der Waals surface area contributed by atoms with Crippen molar-refractivity contribution in [2.75, 3.05) is 38.6 Å². The first-order chi connectivity index (χ1) is 7.49. The zero-order chi connectivity index (χ0) is 12.1. The molecular formula is C9H16N4O2S. The van der Waals surface area contributed by atoms with Gasteiger partial charge in [0, 0.05) is 13.1 Å². The van der Waals surface area contributed by atoms with Crippen molar-refractivity contribution in [1.29, 1.82) is 0 Å². The predicted octanol–water partition coefficient (Wildman–Crippen LogP) is 0.299. The summed E-state index contributed by atoms with van der Waals surface area (Å²) in [7, 11) is 3.90. The number of likely N-dealkylation sites (N-methyl/N-ethyl adjacent to an activating group) is 1. The first-order valence-electron chi connectivity index (χ1n) is 4.90. The fourth-order valence-corrected chi connectivity index (χ4v) is 1.85. The van der Waals surface area contributed by atoms with Crippen molar-refractivity contribution in [2.24, 2.45) is 0 Å². The summed E-state index contributed by atoms with van der Waals surface area (Å²) in [6.07, 6.45) is 0. The van der Waals surface area contributed by atoms with Crippen molar-refractivity contribution in [2.45, 2.75) is 6.92 Å². The quantitative estimate of drug-likeness (QED) is 0.776. The van der Waals surface area contributed by atoms with Crippen LogP contribution in [0.3, 0.4) is 0 Å². The summed E-state index contributed by atoms with van der Waals surface area (Å²) >= 11 is 1.41. The van der Waals surface area contributed by atoms with Crippen molar-refractivity contribution in [3.05, 3.63) is 5.01 Å². The van der Waals surface area contributed by atoms with Crippen molar-refractivity contribution in [3.63, 3.8) is 0 Å². The van der Waals surface area contributed by atoms with Gasteiger partial charge in [-0.25, -0.2) is 0 Å². The van der Waals surface area contributed by atoms with E-state index >= 15 is 0 Å². The van der Waals surface area contributed by atoms with Crippen LogP contribution in [0.5, 0.6) is 0 Å². The lowest BCUT2D eigenvalue weighted by Crippen LogP contribution is -2.35. The number of hydrogen-bond acceptors (Lipinski definition) is 6. The van der Waals surface area contributed by atoms with Gasteiger partial charge >= 0.3 is 5.97 Å². The van der Waals surface area contributed by atoms with E-state index in [-0.39, 0.29) is 6.54 Å². The van der Waals surface area contributed by atoms with Crippen LogP contribution in [-0.4, -0.2) is 59.9 Å². The van der Waals surface area contributed by atoms with Crippen LogP contribution in [0, 0.1) is 6.92 Å². The van der Waals surface area contributed by atoms with E-state index in [0.717, 1.165) is 11.6 Å². The number of hydrogen-bond donors (Lipinski definition) is 1. The molecule has 0 aromatic carbocycles. The minimum Gasteiger partial charge on any atom is -0.480 e. The van der Waals surface area contributed by atoms with Crippen LogP contribution in [0.4, 0.5) is 5.13 Å². The topological polar surface area (TPSA) is 69.6 Å². The summed E-state index contributed by atoms with van der Waals surface area (Å²) in [4.78, 5) is 14.5. The van der Waals surface area contributed by atoms with Gasteiger partial charge in [-0.2, -0.15) is 0 Å². The van der Waals surface area contributed by atoms with Crippen LogP contribution >= 0.6 is 11.3 Å². The molecule has 0 spiro atoms. The molecule has 0 aliphatic carbocycles. The Hall–Kier alpha value is -1.21. The van der Waals surface area contributed by atoms with E-state index in [0.29, 0.717) is 11.7 Å². The zero-order valence-corrected chi connectivity index (χ0v) is 10.5. The molecule has 0 atom stereocenters. The Balaban J connectivity index is 2.67. The number of rotatable bonds is 6. The summed E-state index contributed by atoms with van der Waals surface area (Å²) in [5.41, 5.74) is 0. The summed E-state index contributed by atoms with van der Waals surface area (Å²) in [6, 6.07) is 0. The fraction of sp³-hybridized carbons (Fsp3) is 0.667. The lowest BCUT2D eigenvalue weighted by Gasteiger charge is -2.21. The Morgan fingerprint density at radius 2 is 2.06 bits per heavy atom. The monoisotopic (exact) mass is 244 g/mol. The largest absolute Gasteiger partial charge is 0.480 e.